The predicted octanol–water partition coefficient (Wildman–Crippen LogP) is 3.93. The molecule has 2 aromatic heterocycles. The highest BCUT2D eigenvalue weighted by molar-refractivity contribution is 6.31. The van der Waals surface area contributed by atoms with Gasteiger partial charge in [-0.05, 0) is 18.9 Å². The minimum atomic E-state index is -0.925. The maximum Gasteiger partial charge on any atom is 0.254 e. The summed E-state index contributed by atoms with van der Waals surface area (Å²) in [7, 11) is 0. The van der Waals surface area contributed by atoms with Crippen molar-refractivity contribution in [1.29, 1.82) is 0 Å². The molecule has 0 aliphatic carbocycles. The lowest BCUT2D eigenvalue weighted by atomic mass is 9.84. The SMILES string of the molecule is OC1(c2ccccc2Cl)CCN(c2cc(-c3ccccc3)nc3ncnn23)CC1. The van der Waals surface area contributed by atoms with Crippen molar-refractivity contribution in [3.05, 3.63) is 77.6 Å². The van der Waals surface area contributed by atoms with Gasteiger partial charge in [-0.1, -0.05) is 60.1 Å². The molecule has 0 unspecified atom stereocenters. The number of aliphatic hydroxyl groups is 1. The molecule has 1 aliphatic heterocycles. The first-order valence-corrected chi connectivity index (χ1v) is 10.0. The molecular formula is C22H20ClN5O. The summed E-state index contributed by atoms with van der Waals surface area (Å²) in [5.41, 5.74) is 1.76. The van der Waals surface area contributed by atoms with Crippen LogP contribution in [0.25, 0.3) is 17.0 Å². The van der Waals surface area contributed by atoms with E-state index < -0.39 is 5.60 Å². The summed E-state index contributed by atoms with van der Waals surface area (Å²) in [5.74, 6) is 1.49. The zero-order valence-electron chi connectivity index (χ0n) is 15.7. The van der Waals surface area contributed by atoms with E-state index in [4.69, 9.17) is 11.6 Å². The molecule has 29 heavy (non-hydrogen) atoms. The van der Waals surface area contributed by atoms with Crippen molar-refractivity contribution in [2.45, 2.75) is 18.4 Å². The molecule has 0 saturated carbocycles. The number of hydrogen-bond donors (Lipinski definition) is 1. The van der Waals surface area contributed by atoms with Crippen LogP contribution >= 0.6 is 11.6 Å². The van der Waals surface area contributed by atoms with Crippen molar-refractivity contribution in [3.63, 3.8) is 0 Å². The van der Waals surface area contributed by atoms with Gasteiger partial charge in [0.1, 0.15) is 12.1 Å². The predicted molar refractivity (Wildman–Crippen MR) is 113 cm³/mol. The van der Waals surface area contributed by atoms with E-state index in [1.165, 1.54) is 6.33 Å². The topological polar surface area (TPSA) is 66.5 Å². The largest absolute Gasteiger partial charge is 0.385 e. The van der Waals surface area contributed by atoms with Crippen LogP contribution in [-0.2, 0) is 5.60 Å². The normalized spacial score (nSPS) is 16.3. The molecule has 146 valence electrons. The lowest BCUT2D eigenvalue weighted by molar-refractivity contribution is 0.0117. The van der Waals surface area contributed by atoms with Gasteiger partial charge in [-0.25, -0.2) is 4.98 Å². The number of benzene rings is 2. The van der Waals surface area contributed by atoms with Crippen molar-refractivity contribution in [2.75, 3.05) is 18.0 Å². The monoisotopic (exact) mass is 405 g/mol. The van der Waals surface area contributed by atoms with Gasteiger partial charge in [0, 0.05) is 35.3 Å². The zero-order valence-corrected chi connectivity index (χ0v) is 16.5. The van der Waals surface area contributed by atoms with Crippen LogP contribution in [0.3, 0.4) is 0 Å². The average Bonchev–Trinajstić information content (AvgIpc) is 3.23. The first-order valence-electron chi connectivity index (χ1n) is 9.63. The molecule has 1 fully saturated rings. The fourth-order valence-corrected chi connectivity index (χ4v) is 4.30. The standard InChI is InChI=1S/C22H20ClN5O/c23-18-9-5-4-8-17(18)22(29)10-12-27(13-11-22)20-14-19(16-6-2-1-3-7-16)26-21-24-15-25-28(20)21/h1-9,14-15,29H,10-13H2. The summed E-state index contributed by atoms with van der Waals surface area (Å²) >= 11 is 6.35. The second kappa shape index (κ2) is 7.13. The molecule has 0 amide bonds. The summed E-state index contributed by atoms with van der Waals surface area (Å²) in [6.07, 6.45) is 2.68. The molecule has 0 radical (unpaired) electrons. The first kappa shape index (κ1) is 18.1. The smallest absolute Gasteiger partial charge is 0.254 e. The number of aromatic nitrogens is 4. The number of hydrogen-bond acceptors (Lipinski definition) is 5. The van der Waals surface area contributed by atoms with Crippen molar-refractivity contribution in [1.82, 2.24) is 19.6 Å². The van der Waals surface area contributed by atoms with Crippen molar-refractivity contribution >= 4 is 23.2 Å². The van der Waals surface area contributed by atoms with E-state index in [9.17, 15) is 5.11 Å². The first-order chi connectivity index (χ1) is 14.1. The third-order valence-corrected chi connectivity index (χ3v) is 5.92. The molecule has 1 N–H and O–H groups in total. The van der Waals surface area contributed by atoms with Crippen LogP contribution in [0.5, 0.6) is 0 Å². The number of halogens is 1. The molecule has 4 aromatic rings. The Morgan fingerprint density at radius 2 is 1.69 bits per heavy atom. The zero-order chi connectivity index (χ0) is 19.8. The highest BCUT2D eigenvalue weighted by Crippen LogP contribution is 2.38. The highest BCUT2D eigenvalue weighted by Gasteiger charge is 2.36. The molecule has 0 bridgehead atoms. The summed E-state index contributed by atoms with van der Waals surface area (Å²) in [5, 5.41) is 16.2. The third-order valence-electron chi connectivity index (χ3n) is 5.59. The summed E-state index contributed by atoms with van der Waals surface area (Å²) in [4.78, 5) is 11.2. The molecule has 1 saturated heterocycles. The average molecular weight is 406 g/mol. The van der Waals surface area contributed by atoms with Crippen molar-refractivity contribution < 1.29 is 5.11 Å². The quantitative estimate of drug-likeness (QED) is 0.559. The molecule has 1 aliphatic rings. The van der Waals surface area contributed by atoms with E-state index in [2.05, 4.69) is 20.0 Å². The molecular weight excluding hydrogens is 386 g/mol. The van der Waals surface area contributed by atoms with E-state index in [0.29, 0.717) is 36.7 Å². The van der Waals surface area contributed by atoms with Crippen LogP contribution in [0.15, 0.2) is 67.0 Å². The Morgan fingerprint density at radius 1 is 0.966 bits per heavy atom. The Labute approximate surface area is 173 Å². The van der Waals surface area contributed by atoms with E-state index in [1.54, 1.807) is 4.52 Å². The summed E-state index contributed by atoms with van der Waals surface area (Å²) in [6.45, 7) is 1.35. The Morgan fingerprint density at radius 3 is 2.45 bits per heavy atom. The van der Waals surface area contributed by atoms with E-state index in [0.717, 1.165) is 22.6 Å². The van der Waals surface area contributed by atoms with Crippen molar-refractivity contribution in [2.24, 2.45) is 0 Å². The number of anilines is 1. The molecule has 7 heteroatoms. The van der Waals surface area contributed by atoms with Crippen molar-refractivity contribution in [3.8, 4) is 11.3 Å². The number of nitrogens with zero attached hydrogens (tertiary/aromatic N) is 5. The minimum absolute atomic E-state index is 0.563. The number of rotatable bonds is 3. The molecule has 6 nitrogen and oxygen atoms in total. The van der Waals surface area contributed by atoms with Crippen LogP contribution in [0.2, 0.25) is 5.02 Å². The van der Waals surface area contributed by atoms with Gasteiger partial charge in [0.25, 0.3) is 5.78 Å². The van der Waals surface area contributed by atoms with Gasteiger partial charge < -0.3 is 10.0 Å². The Bertz CT molecular complexity index is 1150. The van der Waals surface area contributed by atoms with Crippen LogP contribution in [-0.4, -0.2) is 37.8 Å². The van der Waals surface area contributed by atoms with Crippen LogP contribution < -0.4 is 4.90 Å². The van der Waals surface area contributed by atoms with Gasteiger partial charge in [0.05, 0.1) is 11.3 Å². The Hall–Kier alpha value is -2.96. The second-order valence-corrected chi connectivity index (χ2v) is 7.74. The molecule has 5 rings (SSSR count). The number of fused-ring (bicyclic) bond motifs is 1. The summed E-state index contributed by atoms with van der Waals surface area (Å²) < 4.78 is 1.76. The molecule has 0 spiro atoms. The van der Waals surface area contributed by atoms with Gasteiger partial charge in [0.15, 0.2) is 0 Å². The van der Waals surface area contributed by atoms with E-state index in [-0.39, 0.29) is 0 Å². The van der Waals surface area contributed by atoms with Crippen LogP contribution in [0, 0.1) is 0 Å². The van der Waals surface area contributed by atoms with Crippen LogP contribution in [0.1, 0.15) is 18.4 Å². The second-order valence-electron chi connectivity index (χ2n) is 7.34. The molecule has 3 heterocycles. The van der Waals surface area contributed by atoms with Gasteiger partial charge in [0.2, 0.25) is 0 Å². The van der Waals surface area contributed by atoms with Crippen LogP contribution in [0.4, 0.5) is 5.82 Å². The fraction of sp³-hybridized carbons (Fsp3) is 0.227. The minimum Gasteiger partial charge on any atom is -0.385 e. The van der Waals surface area contributed by atoms with Gasteiger partial charge in [-0.2, -0.15) is 14.6 Å². The third kappa shape index (κ3) is 3.24. The van der Waals surface area contributed by atoms with Gasteiger partial charge in [-0.3, -0.25) is 0 Å². The lowest BCUT2D eigenvalue weighted by Crippen LogP contribution is -2.43. The summed E-state index contributed by atoms with van der Waals surface area (Å²) in [6, 6.07) is 19.6. The van der Waals surface area contributed by atoms with E-state index >= 15 is 0 Å². The Balaban J connectivity index is 1.48. The lowest BCUT2D eigenvalue weighted by Gasteiger charge is -2.39. The number of piperidine rings is 1. The molecule has 2 aromatic carbocycles. The maximum absolute atomic E-state index is 11.2. The Kier molecular flexibility index (Phi) is 4.45. The highest BCUT2D eigenvalue weighted by atomic mass is 35.5. The van der Waals surface area contributed by atoms with Gasteiger partial charge >= 0.3 is 0 Å². The fourth-order valence-electron chi connectivity index (χ4n) is 3.99. The molecule has 0 atom stereocenters. The van der Waals surface area contributed by atoms with E-state index in [1.807, 2.05) is 60.7 Å². The van der Waals surface area contributed by atoms with Gasteiger partial charge in [-0.15, -0.1) is 0 Å². The maximum atomic E-state index is 11.2.